The quantitative estimate of drug-likeness (QED) is 0.783. The summed E-state index contributed by atoms with van der Waals surface area (Å²) in [6, 6.07) is 0. The van der Waals surface area contributed by atoms with Crippen molar-refractivity contribution in [3.63, 3.8) is 0 Å². The first-order chi connectivity index (χ1) is 9.42. The van der Waals surface area contributed by atoms with E-state index in [9.17, 15) is 14.7 Å². The van der Waals surface area contributed by atoms with Gasteiger partial charge in [-0.1, -0.05) is 6.42 Å². The SMILES string of the molecule is COC(=O)[C@@H]1[C@H]2CCC[C@H]3C[C@@H]1[C@](C)(C(C)O)C(=O)[C@H]32. The van der Waals surface area contributed by atoms with Crippen LogP contribution in [-0.2, 0) is 14.3 Å². The predicted octanol–water partition coefficient (Wildman–Crippen LogP) is 1.80. The average Bonchev–Trinajstić information content (AvgIpc) is 2.42. The first-order valence-corrected chi connectivity index (χ1v) is 7.73. The number of Topliss-reactive ketones (excluding diaryl/α,β-unsaturated/α-hetero) is 1. The van der Waals surface area contributed by atoms with Gasteiger partial charge in [0.05, 0.1) is 24.5 Å². The molecule has 0 spiro atoms. The highest BCUT2D eigenvalue weighted by atomic mass is 16.5. The van der Waals surface area contributed by atoms with Crippen molar-refractivity contribution in [1.82, 2.24) is 0 Å². The normalized spacial score (nSPS) is 48.0. The fourth-order valence-electron chi connectivity index (χ4n) is 5.32. The van der Waals surface area contributed by atoms with Crippen LogP contribution in [0, 0.1) is 35.0 Å². The summed E-state index contributed by atoms with van der Waals surface area (Å²) in [6.45, 7) is 3.53. The van der Waals surface area contributed by atoms with E-state index in [4.69, 9.17) is 4.74 Å². The number of rotatable bonds is 2. The van der Waals surface area contributed by atoms with Gasteiger partial charge < -0.3 is 9.84 Å². The van der Waals surface area contributed by atoms with Crippen LogP contribution < -0.4 is 0 Å². The van der Waals surface area contributed by atoms with Gasteiger partial charge in [-0.3, -0.25) is 9.59 Å². The van der Waals surface area contributed by atoms with E-state index < -0.39 is 11.5 Å². The molecule has 0 radical (unpaired) electrons. The summed E-state index contributed by atoms with van der Waals surface area (Å²) >= 11 is 0. The molecule has 4 aliphatic carbocycles. The van der Waals surface area contributed by atoms with Gasteiger partial charge in [0.1, 0.15) is 5.78 Å². The van der Waals surface area contributed by atoms with Crippen molar-refractivity contribution in [2.75, 3.05) is 7.11 Å². The molecule has 1 unspecified atom stereocenters. The van der Waals surface area contributed by atoms with Crippen molar-refractivity contribution < 1.29 is 19.4 Å². The molecule has 0 aromatic rings. The van der Waals surface area contributed by atoms with Crippen LogP contribution in [0.1, 0.15) is 39.5 Å². The van der Waals surface area contributed by atoms with Crippen LogP contribution in [0.3, 0.4) is 0 Å². The Balaban J connectivity index is 2.06. The molecule has 4 fully saturated rings. The molecule has 0 aromatic carbocycles. The zero-order chi connectivity index (χ0) is 14.7. The summed E-state index contributed by atoms with van der Waals surface area (Å²) in [4.78, 5) is 25.2. The summed E-state index contributed by atoms with van der Waals surface area (Å²) in [5, 5.41) is 10.2. The second kappa shape index (κ2) is 4.55. The molecule has 4 aliphatic rings. The second-order valence-corrected chi connectivity index (χ2v) is 7.09. The Morgan fingerprint density at radius 3 is 2.75 bits per heavy atom. The zero-order valence-electron chi connectivity index (χ0n) is 12.5. The highest BCUT2D eigenvalue weighted by molar-refractivity contribution is 5.92. The maximum absolute atomic E-state index is 12.9. The number of hydrogen-bond donors (Lipinski definition) is 1. The fraction of sp³-hybridized carbons (Fsp3) is 0.875. The lowest BCUT2D eigenvalue weighted by Gasteiger charge is -2.61. The molecular weight excluding hydrogens is 256 g/mol. The molecule has 0 aliphatic heterocycles. The summed E-state index contributed by atoms with van der Waals surface area (Å²) in [5.41, 5.74) is -0.784. The number of hydrogen-bond acceptors (Lipinski definition) is 4. The van der Waals surface area contributed by atoms with Crippen LogP contribution in [0.25, 0.3) is 0 Å². The number of aliphatic hydroxyl groups is 1. The lowest BCUT2D eigenvalue weighted by atomic mass is 9.41. The van der Waals surface area contributed by atoms with Gasteiger partial charge in [-0.2, -0.15) is 0 Å². The smallest absolute Gasteiger partial charge is 0.309 e. The molecular formula is C16H24O4. The minimum absolute atomic E-state index is 0.0440. The summed E-state index contributed by atoms with van der Waals surface area (Å²) in [6.07, 6.45) is 3.31. The Kier molecular flexibility index (Phi) is 3.20. The van der Waals surface area contributed by atoms with Gasteiger partial charge in [-0.25, -0.2) is 0 Å². The van der Waals surface area contributed by atoms with Gasteiger partial charge in [-0.15, -0.1) is 0 Å². The van der Waals surface area contributed by atoms with Crippen molar-refractivity contribution in [3.05, 3.63) is 0 Å². The number of ketones is 1. The molecule has 0 heterocycles. The van der Waals surface area contributed by atoms with E-state index in [-0.39, 0.29) is 35.4 Å². The van der Waals surface area contributed by atoms with Crippen LogP contribution in [0.5, 0.6) is 0 Å². The van der Waals surface area contributed by atoms with Gasteiger partial charge in [0.2, 0.25) is 0 Å². The van der Waals surface area contributed by atoms with Gasteiger partial charge >= 0.3 is 5.97 Å². The van der Waals surface area contributed by atoms with Crippen molar-refractivity contribution >= 4 is 11.8 Å². The third kappa shape index (κ3) is 1.57. The molecule has 20 heavy (non-hydrogen) atoms. The van der Waals surface area contributed by atoms with Crippen molar-refractivity contribution in [1.29, 1.82) is 0 Å². The number of carbonyl (C=O) groups excluding carboxylic acids is 2. The Morgan fingerprint density at radius 1 is 1.45 bits per heavy atom. The van der Waals surface area contributed by atoms with Crippen LogP contribution >= 0.6 is 0 Å². The third-order valence-electron chi connectivity index (χ3n) is 6.48. The summed E-state index contributed by atoms with van der Waals surface area (Å²) < 4.78 is 5.01. The average molecular weight is 280 g/mol. The van der Waals surface area contributed by atoms with E-state index in [1.165, 1.54) is 7.11 Å². The van der Waals surface area contributed by atoms with Crippen LogP contribution in [-0.4, -0.2) is 30.1 Å². The Labute approximate surface area is 119 Å². The molecule has 4 rings (SSSR count). The fourth-order valence-corrected chi connectivity index (χ4v) is 5.32. The van der Waals surface area contributed by atoms with Gasteiger partial charge in [0, 0.05) is 5.92 Å². The van der Waals surface area contributed by atoms with E-state index in [0.29, 0.717) is 5.92 Å². The van der Waals surface area contributed by atoms with Crippen LogP contribution in [0.4, 0.5) is 0 Å². The number of esters is 1. The number of methoxy groups -OCH3 is 1. The van der Waals surface area contributed by atoms with Crippen molar-refractivity contribution in [3.8, 4) is 0 Å². The summed E-state index contributed by atoms with van der Waals surface area (Å²) in [7, 11) is 1.42. The number of carbonyl (C=O) groups is 2. The van der Waals surface area contributed by atoms with E-state index in [0.717, 1.165) is 25.7 Å². The molecule has 0 amide bonds. The number of fused-ring (bicyclic) bond motifs is 1. The van der Waals surface area contributed by atoms with E-state index >= 15 is 0 Å². The van der Waals surface area contributed by atoms with Gasteiger partial charge in [0.25, 0.3) is 0 Å². The second-order valence-electron chi connectivity index (χ2n) is 7.09. The Hall–Kier alpha value is -0.900. The van der Waals surface area contributed by atoms with E-state index in [2.05, 4.69) is 0 Å². The monoisotopic (exact) mass is 280 g/mol. The summed E-state index contributed by atoms with van der Waals surface area (Å²) in [5.74, 6) is 0.237. The first kappa shape index (κ1) is 14.1. The highest BCUT2D eigenvalue weighted by Gasteiger charge is 2.66. The molecule has 1 N–H and O–H groups in total. The Bertz CT molecular complexity index is 444. The molecule has 7 atom stereocenters. The standard InChI is InChI=1S/C16H24O4/c1-8(17)16(2)11-7-9-5-4-6-10(12(9)14(16)18)13(11)15(19)20-3/h8-13,17H,4-7H2,1-3H3/t8?,9-,10-,11-,12+,13+,16-/m0/s1. The maximum atomic E-state index is 12.9. The molecule has 4 nitrogen and oxygen atoms in total. The number of ether oxygens (including phenoxy) is 1. The van der Waals surface area contributed by atoms with Crippen LogP contribution in [0.15, 0.2) is 0 Å². The molecule has 4 saturated carbocycles. The largest absolute Gasteiger partial charge is 0.469 e. The Morgan fingerprint density at radius 2 is 2.15 bits per heavy atom. The van der Waals surface area contributed by atoms with Crippen LogP contribution in [0.2, 0.25) is 0 Å². The molecule has 0 aromatic heterocycles. The van der Waals surface area contributed by atoms with Crippen molar-refractivity contribution in [2.45, 2.75) is 45.6 Å². The van der Waals surface area contributed by atoms with Crippen molar-refractivity contribution in [2.24, 2.45) is 35.0 Å². The topological polar surface area (TPSA) is 63.6 Å². The maximum Gasteiger partial charge on any atom is 0.309 e. The van der Waals surface area contributed by atoms with E-state index in [1.807, 2.05) is 6.92 Å². The van der Waals surface area contributed by atoms with E-state index in [1.54, 1.807) is 6.92 Å². The molecule has 0 saturated heterocycles. The zero-order valence-corrected chi connectivity index (χ0v) is 12.5. The van der Waals surface area contributed by atoms with Gasteiger partial charge in [0.15, 0.2) is 0 Å². The minimum Gasteiger partial charge on any atom is -0.469 e. The predicted molar refractivity (Wildman–Crippen MR) is 72.7 cm³/mol. The molecule has 112 valence electrons. The lowest BCUT2D eigenvalue weighted by molar-refractivity contribution is -0.194. The van der Waals surface area contributed by atoms with Gasteiger partial charge in [-0.05, 0) is 50.9 Å². The highest BCUT2D eigenvalue weighted by Crippen LogP contribution is 2.62. The third-order valence-corrected chi connectivity index (χ3v) is 6.48. The first-order valence-electron chi connectivity index (χ1n) is 7.73. The minimum atomic E-state index is -0.784. The molecule has 4 bridgehead atoms. The number of aliphatic hydroxyl groups excluding tert-OH is 1. The lowest BCUT2D eigenvalue weighted by Crippen LogP contribution is -2.66. The molecule has 4 heteroatoms.